The zero-order valence-corrected chi connectivity index (χ0v) is 10.6. The van der Waals surface area contributed by atoms with Crippen LogP contribution in [0.15, 0.2) is 0 Å². The van der Waals surface area contributed by atoms with Crippen molar-refractivity contribution in [3.63, 3.8) is 0 Å². The lowest BCUT2D eigenvalue weighted by atomic mass is 10.2. The third-order valence-electron chi connectivity index (χ3n) is 3.27. The standard InChI is InChI=1S/C10H19N3O3S/c11-8-1-3-13(5-8)6-10(14)12-9-2-4-17(15,16)7-9/h8-9H,1-7,11H2,(H,12,14). The summed E-state index contributed by atoms with van der Waals surface area (Å²) in [7, 11) is -2.93. The highest BCUT2D eigenvalue weighted by Gasteiger charge is 2.29. The maximum absolute atomic E-state index is 11.7. The molecule has 2 aliphatic heterocycles. The van der Waals surface area contributed by atoms with E-state index in [0.29, 0.717) is 13.0 Å². The Labute approximate surface area is 101 Å². The summed E-state index contributed by atoms with van der Waals surface area (Å²) in [5.74, 6) is 0.173. The Morgan fingerprint density at radius 1 is 1.41 bits per heavy atom. The van der Waals surface area contributed by atoms with Crippen LogP contribution in [-0.2, 0) is 14.6 Å². The number of nitrogens with zero attached hydrogens (tertiary/aromatic N) is 1. The van der Waals surface area contributed by atoms with Crippen molar-refractivity contribution in [3.8, 4) is 0 Å². The highest BCUT2D eigenvalue weighted by molar-refractivity contribution is 7.91. The van der Waals surface area contributed by atoms with Gasteiger partial charge in [-0.15, -0.1) is 0 Å². The van der Waals surface area contributed by atoms with Gasteiger partial charge in [0.1, 0.15) is 0 Å². The average molecular weight is 261 g/mol. The van der Waals surface area contributed by atoms with Gasteiger partial charge in [0.25, 0.3) is 0 Å². The Morgan fingerprint density at radius 2 is 2.18 bits per heavy atom. The Hall–Kier alpha value is -0.660. The van der Waals surface area contributed by atoms with Gasteiger partial charge in [0.2, 0.25) is 5.91 Å². The lowest BCUT2D eigenvalue weighted by Crippen LogP contribution is -2.42. The number of carbonyl (C=O) groups excluding carboxylic acids is 1. The molecule has 0 bridgehead atoms. The summed E-state index contributed by atoms with van der Waals surface area (Å²) in [6.45, 7) is 1.91. The van der Waals surface area contributed by atoms with Crippen LogP contribution < -0.4 is 11.1 Å². The molecule has 3 N–H and O–H groups in total. The summed E-state index contributed by atoms with van der Waals surface area (Å²) < 4.78 is 22.5. The SMILES string of the molecule is NC1CCN(CC(=O)NC2CCS(=O)(=O)C2)C1. The Morgan fingerprint density at radius 3 is 2.71 bits per heavy atom. The van der Waals surface area contributed by atoms with Crippen LogP contribution in [0.3, 0.4) is 0 Å². The molecule has 0 aliphatic carbocycles. The predicted molar refractivity (Wildman–Crippen MR) is 64.2 cm³/mol. The zero-order valence-electron chi connectivity index (χ0n) is 9.76. The van der Waals surface area contributed by atoms with E-state index in [2.05, 4.69) is 5.32 Å². The number of hydrogen-bond donors (Lipinski definition) is 2. The monoisotopic (exact) mass is 261 g/mol. The van der Waals surface area contributed by atoms with Crippen LogP contribution in [0.2, 0.25) is 0 Å². The van der Waals surface area contributed by atoms with Crippen molar-refractivity contribution in [3.05, 3.63) is 0 Å². The molecule has 2 saturated heterocycles. The van der Waals surface area contributed by atoms with Gasteiger partial charge >= 0.3 is 0 Å². The normalized spacial score (nSPS) is 32.8. The first-order valence-corrected chi connectivity index (χ1v) is 7.74. The first-order valence-electron chi connectivity index (χ1n) is 5.92. The molecule has 7 heteroatoms. The molecule has 0 aromatic rings. The van der Waals surface area contributed by atoms with E-state index in [-0.39, 0.29) is 29.5 Å². The molecule has 6 nitrogen and oxygen atoms in total. The molecular weight excluding hydrogens is 242 g/mol. The van der Waals surface area contributed by atoms with Crippen molar-refractivity contribution in [2.24, 2.45) is 5.73 Å². The van der Waals surface area contributed by atoms with Crippen LogP contribution in [0.25, 0.3) is 0 Å². The number of amides is 1. The van der Waals surface area contributed by atoms with Crippen molar-refractivity contribution >= 4 is 15.7 Å². The van der Waals surface area contributed by atoms with Crippen molar-refractivity contribution in [2.45, 2.75) is 24.9 Å². The fourth-order valence-corrected chi connectivity index (χ4v) is 4.06. The van der Waals surface area contributed by atoms with Crippen LogP contribution in [0, 0.1) is 0 Å². The maximum Gasteiger partial charge on any atom is 0.234 e. The van der Waals surface area contributed by atoms with Gasteiger partial charge in [0.15, 0.2) is 9.84 Å². The summed E-state index contributed by atoms with van der Waals surface area (Å²) >= 11 is 0. The van der Waals surface area contributed by atoms with Crippen LogP contribution >= 0.6 is 0 Å². The number of likely N-dealkylation sites (tertiary alicyclic amines) is 1. The fraction of sp³-hybridized carbons (Fsp3) is 0.900. The second-order valence-electron chi connectivity index (χ2n) is 4.95. The van der Waals surface area contributed by atoms with Gasteiger partial charge in [0, 0.05) is 25.2 Å². The summed E-state index contributed by atoms with van der Waals surface area (Å²) in [4.78, 5) is 13.7. The quantitative estimate of drug-likeness (QED) is 0.633. The van der Waals surface area contributed by atoms with E-state index in [1.807, 2.05) is 4.90 Å². The van der Waals surface area contributed by atoms with Crippen molar-refractivity contribution in [1.82, 2.24) is 10.2 Å². The number of carbonyl (C=O) groups is 1. The van der Waals surface area contributed by atoms with Gasteiger partial charge in [-0.2, -0.15) is 0 Å². The number of sulfone groups is 1. The second-order valence-corrected chi connectivity index (χ2v) is 7.18. The Kier molecular flexibility index (Phi) is 3.70. The smallest absolute Gasteiger partial charge is 0.234 e. The van der Waals surface area contributed by atoms with Gasteiger partial charge in [0.05, 0.1) is 18.1 Å². The van der Waals surface area contributed by atoms with Crippen molar-refractivity contribution in [1.29, 1.82) is 0 Å². The fourth-order valence-electron chi connectivity index (χ4n) is 2.39. The van der Waals surface area contributed by atoms with E-state index in [0.717, 1.165) is 19.5 Å². The summed E-state index contributed by atoms with van der Waals surface area (Å²) in [5, 5.41) is 2.78. The molecule has 2 heterocycles. The van der Waals surface area contributed by atoms with Gasteiger partial charge in [-0.1, -0.05) is 0 Å². The maximum atomic E-state index is 11.7. The summed E-state index contributed by atoms with van der Waals surface area (Å²) in [6, 6.07) is -0.0431. The lowest BCUT2D eigenvalue weighted by molar-refractivity contribution is -0.122. The minimum Gasteiger partial charge on any atom is -0.351 e. The van der Waals surface area contributed by atoms with Crippen LogP contribution in [0.1, 0.15) is 12.8 Å². The first kappa shape index (κ1) is 12.8. The highest BCUT2D eigenvalue weighted by atomic mass is 32.2. The molecule has 17 heavy (non-hydrogen) atoms. The minimum atomic E-state index is -2.93. The predicted octanol–water partition coefficient (Wildman–Crippen LogP) is -1.68. The molecule has 98 valence electrons. The molecule has 0 aromatic carbocycles. The number of nitrogens with one attached hydrogen (secondary N) is 1. The zero-order chi connectivity index (χ0) is 12.5. The van der Waals surface area contributed by atoms with Gasteiger partial charge in [-0.3, -0.25) is 9.69 Å². The van der Waals surface area contributed by atoms with E-state index >= 15 is 0 Å². The molecule has 0 aromatic heterocycles. The minimum absolute atomic E-state index is 0.0816. The number of rotatable bonds is 3. The van der Waals surface area contributed by atoms with Crippen molar-refractivity contribution in [2.75, 3.05) is 31.1 Å². The molecule has 2 fully saturated rings. The highest BCUT2D eigenvalue weighted by Crippen LogP contribution is 2.11. The van der Waals surface area contributed by atoms with Gasteiger partial charge < -0.3 is 11.1 Å². The molecule has 2 aliphatic rings. The molecule has 2 unspecified atom stereocenters. The molecule has 0 saturated carbocycles. The van der Waals surface area contributed by atoms with E-state index < -0.39 is 9.84 Å². The van der Waals surface area contributed by atoms with Gasteiger partial charge in [-0.25, -0.2) is 8.42 Å². The molecule has 0 spiro atoms. The molecule has 1 amide bonds. The van der Waals surface area contributed by atoms with E-state index in [1.54, 1.807) is 0 Å². The van der Waals surface area contributed by atoms with Crippen LogP contribution in [-0.4, -0.2) is 62.4 Å². The third-order valence-corrected chi connectivity index (χ3v) is 5.04. The van der Waals surface area contributed by atoms with Crippen LogP contribution in [0.5, 0.6) is 0 Å². The summed E-state index contributed by atoms with van der Waals surface area (Å²) in [5.41, 5.74) is 5.75. The third kappa shape index (κ3) is 3.65. The topological polar surface area (TPSA) is 92.5 Å². The number of nitrogens with two attached hydrogens (primary N) is 1. The first-order chi connectivity index (χ1) is 7.94. The Balaban J connectivity index is 1.75. The Bertz CT molecular complexity index is 396. The van der Waals surface area contributed by atoms with Crippen LogP contribution in [0.4, 0.5) is 0 Å². The molecule has 2 atom stereocenters. The second kappa shape index (κ2) is 4.91. The van der Waals surface area contributed by atoms with E-state index in [1.165, 1.54) is 0 Å². The van der Waals surface area contributed by atoms with E-state index in [9.17, 15) is 13.2 Å². The molecule has 2 rings (SSSR count). The van der Waals surface area contributed by atoms with Crippen molar-refractivity contribution < 1.29 is 13.2 Å². The lowest BCUT2D eigenvalue weighted by Gasteiger charge is -2.16. The van der Waals surface area contributed by atoms with E-state index in [4.69, 9.17) is 5.73 Å². The van der Waals surface area contributed by atoms with Gasteiger partial charge in [-0.05, 0) is 12.8 Å². The average Bonchev–Trinajstić information content (AvgIpc) is 2.73. The number of hydrogen-bond acceptors (Lipinski definition) is 5. The summed E-state index contributed by atoms with van der Waals surface area (Å²) in [6.07, 6.45) is 1.46. The molecular formula is C10H19N3O3S. The largest absolute Gasteiger partial charge is 0.351 e. The molecule has 0 radical (unpaired) electrons.